The van der Waals surface area contributed by atoms with E-state index < -0.39 is 5.97 Å². The average Bonchev–Trinajstić information content (AvgIpc) is 2.93. The van der Waals surface area contributed by atoms with Crippen molar-refractivity contribution < 1.29 is 19.4 Å². The van der Waals surface area contributed by atoms with Gasteiger partial charge >= 0.3 is 0 Å². The fourth-order valence-electron chi connectivity index (χ4n) is 2.53. The topological polar surface area (TPSA) is 82.0 Å². The average molecular weight is 450 g/mol. The van der Waals surface area contributed by atoms with Gasteiger partial charge in [-0.25, -0.2) is 4.99 Å². The van der Waals surface area contributed by atoms with Gasteiger partial charge in [0.05, 0.1) is 33.2 Å². The number of rotatable bonds is 5. The van der Waals surface area contributed by atoms with Gasteiger partial charge in [0.2, 0.25) is 0 Å². The van der Waals surface area contributed by atoms with Crippen LogP contribution < -0.4 is 9.84 Å². The normalized spacial score (nSPS) is 16.7. The van der Waals surface area contributed by atoms with Crippen LogP contribution in [0.2, 0.25) is 10.0 Å². The number of aromatic carboxylic acids is 1. The molecule has 0 bridgehead atoms. The van der Waals surface area contributed by atoms with Gasteiger partial charge in [0.1, 0.15) is 0 Å². The van der Waals surface area contributed by atoms with E-state index in [4.69, 9.17) is 27.9 Å². The Morgan fingerprint density at radius 3 is 2.41 bits per heavy atom. The summed E-state index contributed by atoms with van der Waals surface area (Å²) in [7, 11) is 1.61. The standard InChI is InChI=1S/C20H16Cl2N2O4S/c1-3-28-17-14(21)8-11(9-15(17)22)10-16-18(25)24(2)20(29-16)23-13-6-4-12(5-7-13)19(26)27/h4-10H,3H2,1-2H3,(H,26,27)/p-1/b16-10-,23-20?. The van der Waals surface area contributed by atoms with E-state index in [1.807, 2.05) is 6.92 Å². The van der Waals surface area contributed by atoms with E-state index >= 15 is 0 Å². The van der Waals surface area contributed by atoms with Crippen LogP contribution in [0.15, 0.2) is 46.3 Å². The molecule has 0 N–H and O–H groups in total. The summed E-state index contributed by atoms with van der Waals surface area (Å²) in [6.45, 7) is 2.27. The SMILES string of the molecule is CCOc1c(Cl)cc(/C=C2\SC(=Nc3ccc(C(=O)[O-])cc3)N(C)C2=O)cc1Cl. The number of hydrogen-bond acceptors (Lipinski definition) is 6. The molecular weight excluding hydrogens is 435 g/mol. The van der Waals surface area contributed by atoms with Crippen LogP contribution in [0.3, 0.4) is 0 Å². The van der Waals surface area contributed by atoms with Gasteiger partial charge in [0.25, 0.3) is 5.91 Å². The maximum Gasteiger partial charge on any atom is 0.266 e. The maximum absolute atomic E-state index is 12.6. The quantitative estimate of drug-likeness (QED) is 0.644. The molecular formula is C20H15Cl2N2O4S-. The lowest BCUT2D eigenvalue weighted by Gasteiger charge is -2.09. The number of carbonyl (C=O) groups is 2. The Bertz CT molecular complexity index is 1010. The molecule has 0 aliphatic carbocycles. The largest absolute Gasteiger partial charge is 0.545 e. The fourth-order valence-corrected chi connectivity index (χ4v) is 4.13. The van der Waals surface area contributed by atoms with Crippen molar-refractivity contribution in [2.45, 2.75) is 6.92 Å². The van der Waals surface area contributed by atoms with Gasteiger partial charge in [0.15, 0.2) is 10.9 Å². The van der Waals surface area contributed by atoms with Crippen LogP contribution in [0, 0.1) is 0 Å². The molecule has 2 aromatic rings. The zero-order valence-corrected chi connectivity index (χ0v) is 17.8. The second kappa shape index (κ2) is 8.90. The molecule has 1 aliphatic heterocycles. The highest BCUT2D eigenvalue weighted by Gasteiger charge is 2.30. The highest BCUT2D eigenvalue weighted by Crippen LogP contribution is 2.37. The van der Waals surface area contributed by atoms with E-state index in [2.05, 4.69) is 4.99 Å². The number of thioether (sulfide) groups is 1. The van der Waals surface area contributed by atoms with Crippen molar-refractivity contribution in [1.29, 1.82) is 0 Å². The number of halogens is 2. The molecule has 1 aliphatic rings. The minimum Gasteiger partial charge on any atom is -0.545 e. The number of carboxylic acid groups (broad SMARTS) is 1. The second-order valence-corrected chi connectivity index (χ2v) is 7.77. The number of ether oxygens (including phenoxy) is 1. The van der Waals surface area contributed by atoms with Crippen molar-refractivity contribution in [2.24, 2.45) is 4.99 Å². The molecule has 150 valence electrons. The van der Waals surface area contributed by atoms with Gasteiger partial charge in [-0.2, -0.15) is 0 Å². The van der Waals surface area contributed by atoms with Crippen molar-refractivity contribution in [2.75, 3.05) is 13.7 Å². The first kappa shape index (κ1) is 21.2. The number of amides is 1. The Morgan fingerprint density at radius 1 is 1.24 bits per heavy atom. The monoisotopic (exact) mass is 449 g/mol. The molecule has 0 saturated carbocycles. The van der Waals surface area contributed by atoms with E-state index in [0.29, 0.717) is 43.7 Å². The maximum atomic E-state index is 12.6. The Kier molecular flexibility index (Phi) is 6.52. The van der Waals surface area contributed by atoms with Crippen molar-refractivity contribution >= 4 is 63.8 Å². The Labute approximate surface area is 181 Å². The van der Waals surface area contributed by atoms with E-state index in [1.54, 1.807) is 37.4 Å². The number of benzene rings is 2. The van der Waals surface area contributed by atoms with Crippen LogP contribution in [0.5, 0.6) is 5.75 Å². The van der Waals surface area contributed by atoms with Crippen molar-refractivity contribution in [3.8, 4) is 5.75 Å². The molecule has 6 nitrogen and oxygen atoms in total. The molecule has 1 fully saturated rings. The summed E-state index contributed by atoms with van der Waals surface area (Å²) in [6, 6.07) is 9.24. The highest BCUT2D eigenvalue weighted by molar-refractivity contribution is 8.18. The zero-order valence-electron chi connectivity index (χ0n) is 15.4. The van der Waals surface area contributed by atoms with Crippen molar-refractivity contribution in [1.82, 2.24) is 4.90 Å². The fraction of sp³-hybridized carbons (Fsp3) is 0.150. The van der Waals surface area contributed by atoms with Crippen molar-refractivity contribution in [3.63, 3.8) is 0 Å². The first-order valence-electron chi connectivity index (χ1n) is 8.49. The molecule has 3 rings (SSSR count). The van der Waals surface area contributed by atoms with E-state index in [1.165, 1.54) is 28.8 Å². The summed E-state index contributed by atoms with van der Waals surface area (Å²) in [5, 5.41) is 12.0. The molecule has 0 aromatic heterocycles. The molecule has 0 radical (unpaired) electrons. The van der Waals surface area contributed by atoms with Crippen molar-refractivity contribution in [3.05, 3.63) is 62.5 Å². The van der Waals surface area contributed by atoms with Gasteiger partial charge in [-0.1, -0.05) is 35.3 Å². The van der Waals surface area contributed by atoms with Crippen LogP contribution in [0.4, 0.5) is 5.69 Å². The predicted molar refractivity (Wildman–Crippen MR) is 114 cm³/mol. The van der Waals surface area contributed by atoms with Gasteiger partial charge in [-0.15, -0.1) is 0 Å². The third-order valence-electron chi connectivity index (χ3n) is 3.94. The van der Waals surface area contributed by atoms with Crippen LogP contribution in [0.25, 0.3) is 6.08 Å². The van der Waals surface area contributed by atoms with Gasteiger partial charge in [-0.05, 0) is 60.2 Å². The lowest BCUT2D eigenvalue weighted by molar-refractivity contribution is -0.255. The Hall–Kier alpha value is -2.48. The summed E-state index contributed by atoms with van der Waals surface area (Å²) in [6.07, 6.45) is 1.68. The Balaban J connectivity index is 1.87. The molecule has 0 spiro atoms. The van der Waals surface area contributed by atoms with Crippen LogP contribution in [-0.4, -0.2) is 35.6 Å². The first-order chi connectivity index (χ1) is 13.8. The number of carbonyl (C=O) groups excluding carboxylic acids is 2. The zero-order chi connectivity index (χ0) is 21.1. The summed E-state index contributed by atoms with van der Waals surface area (Å²) >= 11 is 13.6. The first-order valence-corrected chi connectivity index (χ1v) is 10.1. The Morgan fingerprint density at radius 2 is 1.86 bits per heavy atom. The number of aliphatic imine (C=N–C) groups is 1. The molecule has 9 heteroatoms. The third kappa shape index (κ3) is 4.75. The second-order valence-electron chi connectivity index (χ2n) is 5.95. The minimum absolute atomic E-state index is 0.0577. The lowest BCUT2D eigenvalue weighted by Crippen LogP contribution is -2.23. The van der Waals surface area contributed by atoms with E-state index in [0.717, 1.165) is 0 Å². The smallest absolute Gasteiger partial charge is 0.266 e. The van der Waals surface area contributed by atoms with Gasteiger partial charge < -0.3 is 14.6 Å². The number of carboxylic acids is 1. The van der Waals surface area contributed by atoms with Gasteiger partial charge in [0, 0.05) is 7.05 Å². The molecule has 1 heterocycles. The summed E-state index contributed by atoms with van der Waals surface area (Å²) in [4.78, 5) is 29.7. The molecule has 29 heavy (non-hydrogen) atoms. The molecule has 1 saturated heterocycles. The molecule has 1 amide bonds. The summed E-state index contributed by atoms with van der Waals surface area (Å²) in [5.41, 5.74) is 1.24. The highest BCUT2D eigenvalue weighted by atomic mass is 35.5. The molecule has 2 aromatic carbocycles. The van der Waals surface area contributed by atoms with E-state index in [9.17, 15) is 14.7 Å². The van der Waals surface area contributed by atoms with Crippen LogP contribution in [0.1, 0.15) is 22.8 Å². The summed E-state index contributed by atoms with van der Waals surface area (Å²) < 4.78 is 5.41. The van der Waals surface area contributed by atoms with Crippen LogP contribution >= 0.6 is 35.0 Å². The number of hydrogen-bond donors (Lipinski definition) is 0. The third-order valence-corrected chi connectivity index (χ3v) is 5.56. The minimum atomic E-state index is -1.26. The van der Waals surface area contributed by atoms with E-state index in [-0.39, 0.29) is 11.5 Å². The molecule has 0 atom stereocenters. The predicted octanol–water partition coefficient (Wildman–Crippen LogP) is 3.99. The summed E-state index contributed by atoms with van der Waals surface area (Å²) in [5.74, 6) is -1.08. The number of nitrogens with zero attached hydrogens (tertiary/aromatic N) is 2. The number of likely N-dealkylation sites (N-methyl/N-ethyl adjacent to an activating group) is 1. The lowest BCUT2D eigenvalue weighted by atomic mass is 10.2. The van der Waals surface area contributed by atoms with Crippen LogP contribution in [-0.2, 0) is 4.79 Å². The number of amidine groups is 1. The molecule has 0 unspecified atom stereocenters. The van der Waals surface area contributed by atoms with Gasteiger partial charge in [-0.3, -0.25) is 9.69 Å².